The molecule has 2 aromatic heterocycles. The quantitative estimate of drug-likeness (QED) is 0.604. The number of aryl methyl sites for hydroxylation is 2. The third-order valence-electron chi connectivity index (χ3n) is 6.09. The number of nitrogens with zero attached hydrogens (tertiary/aromatic N) is 2. The first-order valence-corrected chi connectivity index (χ1v) is 11.5. The van der Waals surface area contributed by atoms with Crippen LogP contribution in [-0.4, -0.2) is 42.6 Å². The Morgan fingerprint density at radius 2 is 2.00 bits per heavy atom. The highest BCUT2D eigenvalue weighted by molar-refractivity contribution is 7.10. The van der Waals surface area contributed by atoms with Crippen LogP contribution in [0.1, 0.15) is 40.7 Å². The standard InChI is InChI=1S/C24H29N3O3S/c1-17-15-18(2)27(26-17)21(22-5-4-14-31-22)16-25-23(28)24(10-12-30-13-11-24)19-6-8-20(29-3)9-7-19/h4-9,14-15,21H,10-13,16H2,1-3H3,(H,25,28). The number of benzene rings is 1. The van der Waals surface area contributed by atoms with Crippen LogP contribution in [0.4, 0.5) is 0 Å². The van der Waals surface area contributed by atoms with Crippen molar-refractivity contribution in [2.24, 2.45) is 0 Å². The molecule has 31 heavy (non-hydrogen) atoms. The average molecular weight is 440 g/mol. The van der Waals surface area contributed by atoms with Gasteiger partial charge in [-0.25, -0.2) is 0 Å². The second-order valence-electron chi connectivity index (χ2n) is 8.04. The lowest BCUT2D eigenvalue weighted by Gasteiger charge is -2.36. The zero-order valence-corrected chi connectivity index (χ0v) is 19.1. The summed E-state index contributed by atoms with van der Waals surface area (Å²) in [6.07, 6.45) is 1.32. The van der Waals surface area contributed by atoms with Gasteiger partial charge in [-0.15, -0.1) is 11.3 Å². The summed E-state index contributed by atoms with van der Waals surface area (Å²) in [6, 6.07) is 14.0. The van der Waals surface area contributed by atoms with Crippen molar-refractivity contribution in [1.82, 2.24) is 15.1 Å². The van der Waals surface area contributed by atoms with Crippen molar-refractivity contribution >= 4 is 17.2 Å². The van der Waals surface area contributed by atoms with Gasteiger partial charge in [-0.1, -0.05) is 18.2 Å². The van der Waals surface area contributed by atoms with E-state index in [1.54, 1.807) is 18.4 Å². The number of hydrogen-bond acceptors (Lipinski definition) is 5. The molecular formula is C24H29N3O3S. The second-order valence-corrected chi connectivity index (χ2v) is 9.02. The second kappa shape index (κ2) is 9.24. The molecule has 1 aliphatic heterocycles. The summed E-state index contributed by atoms with van der Waals surface area (Å²) in [5, 5.41) is 10.0. The molecule has 1 saturated heterocycles. The lowest BCUT2D eigenvalue weighted by atomic mass is 9.73. The number of nitrogens with one attached hydrogen (secondary N) is 1. The average Bonchev–Trinajstić information content (AvgIpc) is 3.44. The number of methoxy groups -OCH3 is 1. The fourth-order valence-electron chi connectivity index (χ4n) is 4.39. The summed E-state index contributed by atoms with van der Waals surface area (Å²) in [5.41, 5.74) is 2.47. The molecule has 1 amide bonds. The van der Waals surface area contributed by atoms with E-state index in [1.807, 2.05) is 41.9 Å². The van der Waals surface area contributed by atoms with Crippen LogP contribution < -0.4 is 10.1 Å². The summed E-state index contributed by atoms with van der Waals surface area (Å²) >= 11 is 1.68. The van der Waals surface area contributed by atoms with E-state index >= 15 is 0 Å². The van der Waals surface area contributed by atoms with Gasteiger partial charge in [-0.2, -0.15) is 5.10 Å². The first-order valence-electron chi connectivity index (χ1n) is 10.6. The normalized spacial score (nSPS) is 16.6. The van der Waals surface area contributed by atoms with Crippen molar-refractivity contribution in [2.75, 3.05) is 26.9 Å². The van der Waals surface area contributed by atoms with E-state index in [2.05, 4.69) is 34.9 Å². The summed E-state index contributed by atoms with van der Waals surface area (Å²) in [6.45, 7) is 5.69. The number of thiophene rings is 1. The Hall–Kier alpha value is -2.64. The molecule has 0 spiro atoms. The van der Waals surface area contributed by atoms with Crippen molar-refractivity contribution in [1.29, 1.82) is 0 Å². The van der Waals surface area contributed by atoms with Crippen LogP contribution >= 0.6 is 11.3 Å². The largest absolute Gasteiger partial charge is 0.497 e. The highest BCUT2D eigenvalue weighted by Gasteiger charge is 2.42. The van der Waals surface area contributed by atoms with Gasteiger partial charge in [-0.05, 0) is 61.9 Å². The third kappa shape index (κ3) is 4.38. The van der Waals surface area contributed by atoms with Crippen LogP contribution in [0.5, 0.6) is 5.75 Å². The fourth-order valence-corrected chi connectivity index (χ4v) is 5.20. The predicted molar refractivity (Wildman–Crippen MR) is 122 cm³/mol. The topological polar surface area (TPSA) is 65.4 Å². The van der Waals surface area contributed by atoms with Crippen molar-refractivity contribution in [3.8, 4) is 5.75 Å². The van der Waals surface area contributed by atoms with E-state index in [-0.39, 0.29) is 11.9 Å². The van der Waals surface area contributed by atoms with E-state index < -0.39 is 5.41 Å². The SMILES string of the molecule is COc1ccc(C2(C(=O)NCC(c3cccs3)n3nc(C)cc3C)CCOCC2)cc1. The number of carbonyl (C=O) groups excluding carboxylic acids is 1. The van der Waals surface area contributed by atoms with E-state index in [0.29, 0.717) is 32.6 Å². The smallest absolute Gasteiger partial charge is 0.230 e. The Morgan fingerprint density at radius 3 is 2.58 bits per heavy atom. The molecule has 4 rings (SSSR count). The number of carbonyl (C=O) groups is 1. The van der Waals surface area contributed by atoms with Gasteiger partial charge in [0.05, 0.1) is 18.2 Å². The highest BCUT2D eigenvalue weighted by atomic mass is 32.1. The molecule has 164 valence electrons. The van der Waals surface area contributed by atoms with E-state index in [9.17, 15) is 4.79 Å². The van der Waals surface area contributed by atoms with Crippen LogP contribution in [0.25, 0.3) is 0 Å². The van der Waals surface area contributed by atoms with Crippen LogP contribution in [0, 0.1) is 13.8 Å². The molecule has 1 fully saturated rings. The van der Waals surface area contributed by atoms with Crippen molar-refractivity contribution in [2.45, 2.75) is 38.1 Å². The number of hydrogen-bond donors (Lipinski definition) is 1. The molecule has 1 aliphatic rings. The molecule has 3 aromatic rings. The maximum absolute atomic E-state index is 13.6. The maximum Gasteiger partial charge on any atom is 0.230 e. The van der Waals surface area contributed by atoms with Crippen molar-refractivity contribution in [3.05, 3.63) is 69.7 Å². The molecule has 1 unspecified atom stereocenters. The monoisotopic (exact) mass is 439 g/mol. The van der Waals surface area contributed by atoms with E-state index in [4.69, 9.17) is 9.47 Å². The zero-order chi connectivity index (χ0) is 21.8. The first-order chi connectivity index (χ1) is 15.0. The number of aromatic nitrogens is 2. The molecule has 0 saturated carbocycles. The molecule has 3 heterocycles. The zero-order valence-electron chi connectivity index (χ0n) is 18.3. The summed E-state index contributed by atoms with van der Waals surface area (Å²) in [4.78, 5) is 14.8. The van der Waals surface area contributed by atoms with Crippen LogP contribution in [0.3, 0.4) is 0 Å². The molecular weight excluding hydrogens is 410 g/mol. The number of rotatable bonds is 7. The highest BCUT2D eigenvalue weighted by Crippen LogP contribution is 2.36. The minimum Gasteiger partial charge on any atom is -0.497 e. The molecule has 0 aliphatic carbocycles. The van der Waals surface area contributed by atoms with Crippen molar-refractivity contribution in [3.63, 3.8) is 0 Å². The minimum atomic E-state index is -0.598. The van der Waals surface area contributed by atoms with E-state index in [1.165, 1.54) is 4.88 Å². The lowest BCUT2D eigenvalue weighted by molar-refractivity contribution is -0.130. The summed E-state index contributed by atoms with van der Waals surface area (Å²) in [7, 11) is 1.65. The van der Waals surface area contributed by atoms with Gasteiger partial charge >= 0.3 is 0 Å². The first kappa shape index (κ1) is 21.6. The van der Waals surface area contributed by atoms with E-state index in [0.717, 1.165) is 22.7 Å². The molecule has 6 nitrogen and oxygen atoms in total. The Kier molecular flexibility index (Phi) is 6.43. The fraction of sp³-hybridized carbons (Fsp3) is 0.417. The van der Waals surface area contributed by atoms with Gasteiger partial charge in [0.1, 0.15) is 11.8 Å². The number of amides is 1. The molecule has 0 radical (unpaired) electrons. The molecule has 1 atom stereocenters. The van der Waals surface area contributed by atoms with Crippen LogP contribution in [0.2, 0.25) is 0 Å². The molecule has 1 N–H and O–H groups in total. The molecule has 1 aromatic carbocycles. The van der Waals surface area contributed by atoms with Gasteiger partial charge < -0.3 is 14.8 Å². The predicted octanol–water partition coefficient (Wildman–Crippen LogP) is 4.02. The van der Waals surface area contributed by atoms with Gasteiger partial charge in [0, 0.05) is 30.3 Å². The summed E-state index contributed by atoms with van der Waals surface area (Å²) in [5.74, 6) is 0.831. The molecule has 0 bridgehead atoms. The van der Waals surface area contributed by atoms with Crippen molar-refractivity contribution < 1.29 is 14.3 Å². The Morgan fingerprint density at radius 1 is 1.26 bits per heavy atom. The minimum absolute atomic E-state index is 0.0367. The Balaban J connectivity index is 1.59. The maximum atomic E-state index is 13.6. The Labute approximate surface area is 187 Å². The molecule has 7 heteroatoms. The lowest BCUT2D eigenvalue weighted by Crippen LogP contribution is -2.49. The Bertz CT molecular complexity index is 1010. The number of ether oxygens (including phenoxy) is 2. The van der Waals surface area contributed by atoms with Gasteiger partial charge in [0.2, 0.25) is 5.91 Å². The van der Waals surface area contributed by atoms with Crippen LogP contribution in [0.15, 0.2) is 47.8 Å². The van der Waals surface area contributed by atoms with Crippen LogP contribution in [-0.2, 0) is 14.9 Å². The summed E-state index contributed by atoms with van der Waals surface area (Å²) < 4.78 is 12.9. The van der Waals surface area contributed by atoms with Gasteiger partial charge in [-0.3, -0.25) is 9.48 Å². The third-order valence-corrected chi connectivity index (χ3v) is 7.06. The van der Waals surface area contributed by atoms with Gasteiger partial charge in [0.15, 0.2) is 0 Å². The van der Waals surface area contributed by atoms with Gasteiger partial charge in [0.25, 0.3) is 0 Å².